The Balaban J connectivity index is 2.04. The largest absolute Gasteiger partial charge is 0.476 e. The van der Waals surface area contributed by atoms with Crippen molar-refractivity contribution >= 4 is 31.8 Å². The first-order valence-electron chi connectivity index (χ1n) is 5.04. The molecule has 0 spiro atoms. The third kappa shape index (κ3) is 7.75. The Morgan fingerprint density at radius 3 is 2.78 bits per heavy atom. The predicted octanol–water partition coefficient (Wildman–Crippen LogP) is 0.854. The number of ether oxygens (including phenoxy) is 1. The zero-order valence-electron chi connectivity index (χ0n) is 9.37. The van der Waals surface area contributed by atoms with Gasteiger partial charge in [0.15, 0.2) is 0 Å². The lowest BCUT2D eigenvalue weighted by molar-refractivity contribution is 0.280. The van der Waals surface area contributed by atoms with Gasteiger partial charge in [-0.1, -0.05) is 11.6 Å². The average molecular weight is 313 g/mol. The fourth-order valence-corrected chi connectivity index (χ4v) is 1.63. The molecule has 0 saturated carbocycles. The molecule has 0 aliphatic heterocycles. The summed E-state index contributed by atoms with van der Waals surface area (Å²) in [5.41, 5.74) is 0. The minimum Gasteiger partial charge on any atom is -0.476 e. The molecule has 1 aromatic rings. The second kappa shape index (κ2) is 7.82. The SMILES string of the molecule is O=S(O)(=S)OCCNCCOc1ccc(Cl)cn1. The highest BCUT2D eigenvalue weighted by Gasteiger charge is 1.99. The van der Waals surface area contributed by atoms with E-state index >= 15 is 0 Å². The molecule has 0 aromatic carbocycles. The van der Waals surface area contributed by atoms with Gasteiger partial charge >= 0.3 is 0 Å². The Kier molecular flexibility index (Phi) is 6.76. The van der Waals surface area contributed by atoms with Gasteiger partial charge in [-0.3, -0.25) is 8.74 Å². The Bertz CT molecular complexity index is 452. The first-order chi connectivity index (χ1) is 8.47. The topological polar surface area (TPSA) is 80.7 Å². The van der Waals surface area contributed by atoms with E-state index in [2.05, 4.69) is 25.7 Å². The van der Waals surface area contributed by atoms with E-state index in [0.29, 0.717) is 30.6 Å². The molecule has 1 heterocycles. The zero-order valence-corrected chi connectivity index (χ0v) is 11.8. The molecule has 6 nitrogen and oxygen atoms in total. The molecule has 1 aromatic heterocycles. The number of rotatable bonds is 8. The van der Waals surface area contributed by atoms with Crippen LogP contribution in [0.5, 0.6) is 5.88 Å². The summed E-state index contributed by atoms with van der Waals surface area (Å²) in [7, 11) is -3.52. The van der Waals surface area contributed by atoms with Gasteiger partial charge in [-0.15, -0.1) is 0 Å². The minimum atomic E-state index is -3.52. The number of hydrogen-bond acceptors (Lipinski definition) is 6. The van der Waals surface area contributed by atoms with Crippen molar-refractivity contribution in [3.05, 3.63) is 23.4 Å². The highest BCUT2D eigenvalue weighted by molar-refractivity contribution is 8.27. The van der Waals surface area contributed by atoms with Gasteiger partial charge in [-0.25, -0.2) is 4.98 Å². The summed E-state index contributed by atoms with van der Waals surface area (Å²) in [5, 5.41) is 3.50. The van der Waals surface area contributed by atoms with E-state index in [1.807, 2.05) is 0 Å². The molecule has 102 valence electrons. The van der Waals surface area contributed by atoms with Crippen LogP contribution in [0, 0.1) is 0 Å². The first-order valence-corrected chi connectivity index (χ1v) is 7.78. The summed E-state index contributed by atoms with van der Waals surface area (Å²) >= 11 is 9.82. The highest BCUT2D eigenvalue weighted by Crippen LogP contribution is 2.10. The Hall–Kier alpha value is -0.510. The summed E-state index contributed by atoms with van der Waals surface area (Å²) in [6.07, 6.45) is 1.50. The third-order valence-corrected chi connectivity index (χ3v) is 2.72. The Labute approximate surface area is 115 Å². The molecule has 2 N–H and O–H groups in total. The standard InChI is InChI=1S/C9H13ClN2O4S2/c10-8-1-2-9(12-7-8)15-5-3-11-4-6-16-18(13,14)17/h1-2,7,11H,3-6H2,(H,13,14,17). The fraction of sp³-hybridized carbons (Fsp3) is 0.444. The van der Waals surface area contributed by atoms with Crippen LogP contribution < -0.4 is 10.1 Å². The molecular weight excluding hydrogens is 300 g/mol. The maximum absolute atomic E-state index is 10.6. The molecule has 0 amide bonds. The van der Waals surface area contributed by atoms with E-state index in [9.17, 15) is 4.21 Å². The molecule has 0 aliphatic rings. The molecule has 1 rings (SSSR count). The van der Waals surface area contributed by atoms with Crippen LogP contribution in [-0.2, 0) is 24.4 Å². The van der Waals surface area contributed by atoms with Crippen LogP contribution in [-0.4, -0.2) is 40.0 Å². The molecule has 1 unspecified atom stereocenters. The van der Waals surface area contributed by atoms with Crippen molar-refractivity contribution in [2.45, 2.75) is 0 Å². The smallest absolute Gasteiger partial charge is 0.266 e. The van der Waals surface area contributed by atoms with Crippen molar-refractivity contribution in [1.29, 1.82) is 0 Å². The molecule has 9 heteroatoms. The van der Waals surface area contributed by atoms with Crippen molar-refractivity contribution < 1.29 is 17.7 Å². The number of aromatic nitrogens is 1. The maximum atomic E-state index is 10.6. The van der Waals surface area contributed by atoms with Gasteiger partial charge in [0.1, 0.15) is 6.61 Å². The molecule has 0 bridgehead atoms. The molecule has 18 heavy (non-hydrogen) atoms. The van der Waals surface area contributed by atoms with Gasteiger partial charge in [-0.05, 0) is 6.07 Å². The second-order valence-corrected chi connectivity index (χ2v) is 5.95. The lowest BCUT2D eigenvalue weighted by Crippen LogP contribution is -2.25. The van der Waals surface area contributed by atoms with Gasteiger partial charge in [0.2, 0.25) is 5.88 Å². The summed E-state index contributed by atoms with van der Waals surface area (Å²) < 4.78 is 29.0. The molecule has 0 aliphatic carbocycles. The summed E-state index contributed by atoms with van der Waals surface area (Å²) in [6.45, 7) is 1.44. The number of nitrogens with zero attached hydrogens (tertiary/aromatic N) is 1. The van der Waals surface area contributed by atoms with Crippen LogP contribution in [0.15, 0.2) is 18.3 Å². The van der Waals surface area contributed by atoms with Crippen LogP contribution in [0.3, 0.4) is 0 Å². The molecule has 0 radical (unpaired) electrons. The predicted molar refractivity (Wildman–Crippen MR) is 71.7 cm³/mol. The van der Waals surface area contributed by atoms with E-state index < -0.39 is 9.05 Å². The highest BCUT2D eigenvalue weighted by atomic mass is 35.5. The van der Waals surface area contributed by atoms with Crippen LogP contribution >= 0.6 is 11.6 Å². The number of nitrogens with one attached hydrogen (secondary N) is 1. The fourth-order valence-electron chi connectivity index (χ4n) is 1.02. The van der Waals surface area contributed by atoms with E-state index in [1.54, 1.807) is 12.1 Å². The van der Waals surface area contributed by atoms with Crippen LogP contribution in [0.2, 0.25) is 5.02 Å². The lowest BCUT2D eigenvalue weighted by Gasteiger charge is -2.06. The molecule has 0 saturated heterocycles. The van der Waals surface area contributed by atoms with Crippen LogP contribution in [0.1, 0.15) is 0 Å². The van der Waals surface area contributed by atoms with Crippen molar-refractivity contribution in [1.82, 2.24) is 10.3 Å². The molecule has 1 atom stereocenters. The van der Waals surface area contributed by atoms with Crippen molar-refractivity contribution in [3.8, 4) is 5.88 Å². The molecule has 0 fully saturated rings. The van der Waals surface area contributed by atoms with Crippen LogP contribution in [0.4, 0.5) is 0 Å². The minimum absolute atomic E-state index is 0.0675. The van der Waals surface area contributed by atoms with Crippen molar-refractivity contribution in [2.24, 2.45) is 0 Å². The lowest BCUT2D eigenvalue weighted by atomic mass is 10.5. The second-order valence-electron chi connectivity index (χ2n) is 3.16. The van der Waals surface area contributed by atoms with E-state index in [1.165, 1.54) is 6.20 Å². The number of halogens is 1. The van der Waals surface area contributed by atoms with E-state index in [4.69, 9.17) is 20.9 Å². The Morgan fingerprint density at radius 1 is 1.44 bits per heavy atom. The van der Waals surface area contributed by atoms with Crippen molar-refractivity contribution in [3.63, 3.8) is 0 Å². The zero-order chi connectivity index (χ0) is 13.4. The number of pyridine rings is 1. The first kappa shape index (κ1) is 15.5. The summed E-state index contributed by atoms with van der Waals surface area (Å²) in [4.78, 5) is 3.95. The van der Waals surface area contributed by atoms with Gasteiger partial charge in [0.25, 0.3) is 9.05 Å². The number of hydrogen-bond donors (Lipinski definition) is 2. The van der Waals surface area contributed by atoms with Gasteiger partial charge < -0.3 is 10.1 Å². The quantitative estimate of drug-likeness (QED) is 0.689. The summed E-state index contributed by atoms with van der Waals surface area (Å²) in [6, 6.07) is 3.36. The molecular formula is C9H13ClN2O4S2. The van der Waals surface area contributed by atoms with Gasteiger partial charge in [-0.2, -0.15) is 4.21 Å². The normalized spacial score (nSPS) is 14.1. The van der Waals surface area contributed by atoms with E-state index in [-0.39, 0.29) is 6.61 Å². The average Bonchev–Trinajstić information content (AvgIpc) is 2.29. The Morgan fingerprint density at radius 2 is 2.17 bits per heavy atom. The maximum Gasteiger partial charge on any atom is 0.266 e. The monoisotopic (exact) mass is 312 g/mol. The third-order valence-electron chi connectivity index (χ3n) is 1.74. The summed E-state index contributed by atoms with van der Waals surface area (Å²) in [5.74, 6) is 0.487. The van der Waals surface area contributed by atoms with Gasteiger partial charge in [0, 0.05) is 36.5 Å². The van der Waals surface area contributed by atoms with Gasteiger partial charge in [0.05, 0.1) is 11.6 Å². The van der Waals surface area contributed by atoms with E-state index in [0.717, 1.165) is 0 Å². The van der Waals surface area contributed by atoms with Crippen LogP contribution in [0.25, 0.3) is 0 Å². The van der Waals surface area contributed by atoms with Crippen molar-refractivity contribution in [2.75, 3.05) is 26.3 Å².